The molecule has 0 atom stereocenters. The van der Waals surface area contributed by atoms with Crippen LogP contribution in [-0.4, -0.2) is 22.4 Å². The molecule has 21 heavy (non-hydrogen) atoms. The normalized spacial score (nSPS) is 9.86. The highest BCUT2D eigenvalue weighted by molar-refractivity contribution is 5.73. The first-order valence-corrected chi connectivity index (χ1v) is 6.76. The average molecular weight is 283 g/mol. The van der Waals surface area contributed by atoms with E-state index in [9.17, 15) is 4.79 Å². The number of carbonyl (C=O) groups is 1. The Bertz CT molecular complexity index is 615. The Morgan fingerprint density at radius 1 is 1.33 bits per heavy atom. The third-order valence-electron chi connectivity index (χ3n) is 2.92. The highest BCUT2D eigenvalue weighted by Gasteiger charge is 2.01. The molecule has 0 aliphatic heterocycles. The molecule has 0 radical (unpaired) electrons. The van der Waals surface area contributed by atoms with Crippen molar-refractivity contribution in [3.8, 4) is 6.07 Å². The highest BCUT2D eigenvalue weighted by Crippen LogP contribution is 2.03. The fourth-order valence-corrected chi connectivity index (χ4v) is 1.87. The van der Waals surface area contributed by atoms with Crippen LogP contribution in [0.25, 0.3) is 0 Å². The number of rotatable bonds is 6. The maximum atomic E-state index is 11.6. The number of carbonyl (C=O) groups excluding carboxylic acids is 1. The van der Waals surface area contributed by atoms with Crippen molar-refractivity contribution in [2.45, 2.75) is 19.5 Å². The first-order valence-electron chi connectivity index (χ1n) is 6.76. The van der Waals surface area contributed by atoms with Gasteiger partial charge in [0.25, 0.3) is 0 Å². The van der Waals surface area contributed by atoms with Gasteiger partial charge in [-0.15, -0.1) is 0 Å². The van der Waals surface area contributed by atoms with Crippen LogP contribution in [-0.2, 0) is 13.1 Å². The second-order valence-corrected chi connectivity index (χ2v) is 4.54. The Morgan fingerprint density at radius 3 is 3.00 bits per heavy atom. The number of urea groups is 1. The minimum Gasteiger partial charge on any atom is -0.338 e. The molecule has 0 fully saturated rings. The van der Waals surface area contributed by atoms with Gasteiger partial charge in [-0.2, -0.15) is 10.4 Å². The summed E-state index contributed by atoms with van der Waals surface area (Å²) >= 11 is 0. The summed E-state index contributed by atoms with van der Waals surface area (Å²) in [5.74, 6) is 0. The van der Waals surface area contributed by atoms with Crippen LogP contribution in [0.2, 0.25) is 0 Å². The molecule has 0 bridgehead atoms. The number of aromatic nitrogens is 2. The number of nitrogens with zero attached hydrogens (tertiary/aromatic N) is 3. The molecular weight excluding hydrogens is 266 g/mol. The van der Waals surface area contributed by atoms with Gasteiger partial charge in [0.15, 0.2) is 0 Å². The molecular formula is C15H17N5O. The van der Waals surface area contributed by atoms with Gasteiger partial charge in [-0.05, 0) is 30.2 Å². The van der Waals surface area contributed by atoms with Crippen LogP contribution in [0.5, 0.6) is 0 Å². The van der Waals surface area contributed by atoms with E-state index in [0.29, 0.717) is 18.7 Å². The molecule has 0 spiro atoms. The summed E-state index contributed by atoms with van der Waals surface area (Å²) < 4.78 is 1.83. The molecule has 0 unspecified atom stereocenters. The topological polar surface area (TPSA) is 82.7 Å². The summed E-state index contributed by atoms with van der Waals surface area (Å²) in [6, 6.07) is 10.9. The van der Waals surface area contributed by atoms with E-state index < -0.39 is 0 Å². The molecule has 0 saturated carbocycles. The van der Waals surface area contributed by atoms with Gasteiger partial charge in [0.1, 0.15) is 0 Å². The van der Waals surface area contributed by atoms with E-state index in [2.05, 4.69) is 21.8 Å². The molecule has 2 aromatic rings. The van der Waals surface area contributed by atoms with E-state index in [1.54, 1.807) is 24.4 Å². The fraction of sp³-hybridized carbons (Fsp3) is 0.267. The lowest BCUT2D eigenvalue weighted by Crippen LogP contribution is -2.35. The van der Waals surface area contributed by atoms with Crippen molar-refractivity contribution in [1.82, 2.24) is 20.4 Å². The number of nitrogens with one attached hydrogen (secondary N) is 2. The fourth-order valence-electron chi connectivity index (χ4n) is 1.87. The third kappa shape index (κ3) is 4.99. The van der Waals surface area contributed by atoms with E-state index in [1.165, 1.54) is 0 Å². The second-order valence-electron chi connectivity index (χ2n) is 4.54. The van der Waals surface area contributed by atoms with Crippen molar-refractivity contribution >= 4 is 6.03 Å². The van der Waals surface area contributed by atoms with Crippen molar-refractivity contribution in [3.05, 3.63) is 53.9 Å². The minimum atomic E-state index is -0.210. The van der Waals surface area contributed by atoms with Crippen LogP contribution in [0, 0.1) is 11.3 Å². The summed E-state index contributed by atoms with van der Waals surface area (Å²) in [6.45, 7) is 1.77. The Labute approximate surface area is 123 Å². The molecule has 108 valence electrons. The van der Waals surface area contributed by atoms with Gasteiger partial charge >= 0.3 is 6.03 Å². The maximum absolute atomic E-state index is 11.6. The van der Waals surface area contributed by atoms with Crippen LogP contribution in [0.15, 0.2) is 42.7 Å². The lowest BCUT2D eigenvalue weighted by atomic mass is 10.1. The Hall–Kier alpha value is -2.81. The van der Waals surface area contributed by atoms with Gasteiger partial charge in [0, 0.05) is 32.0 Å². The number of benzene rings is 1. The molecule has 0 aliphatic carbocycles. The van der Waals surface area contributed by atoms with Gasteiger partial charge in [-0.1, -0.05) is 12.1 Å². The van der Waals surface area contributed by atoms with Crippen molar-refractivity contribution in [2.75, 3.05) is 6.54 Å². The molecule has 0 saturated heterocycles. The van der Waals surface area contributed by atoms with Gasteiger partial charge in [-0.25, -0.2) is 4.79 Å². The van der Waals surface area contributed by atoms with Crippen LogP contribution in [0.1, 0.15) is 17.5 Å². The van der Waals surface area contributed by atoms with Crippen LogP contribution < -0.4 is 10.6 Å². The zero-order chi connectivity index (χ0) is 14.9. The minimum absolute atomic E-state index is 0.210. The summed E-state index contributed by atoms with van der Waals surface area (Å²) in [6.07, 6.45) is 4.44. The standard InChI is InChI=1S/C15H17N5O/c16-11-13-4-1-5-14(10-13)12-18-15(21)17-6-2-8-20-9-3-7-19-20/h1,3-5,7,9-10H,2,6,8,12H2,(H2,17,18,21). The van der Waals surface area contributed by atoms with Gasteiger partial charge in [0.2, 0.25) is 0 Å². The maximum Gasteiger partial charge on any atom is 0.315 e. The first-order chi connectivity index (χ1) is 10.3. The van der Waals surface area contributed by atoms with Crippen molar-refractivity contribution in [2.24, 2.45) is 0 Å². The lowest BCUT2D eigenvalue weighted by molar-refractivity contribution is 0.240. The van der Waals surface area contributed by atoms with Crippen LogP contribution >= 0.6 is 0 Å². The zero-order valence-corrected chi connectivity index (χ0v) is 11.6. The van der Waals surface area contributed by atoms with E-state index in [4.69, 9.17) is 5.26 Å². The largest absolute Gasteiger partial charge is 0.338 e. The SMILES string of the molecule is N#Cc1cccc(CNC(=O)NCCCn2cccn2)c1. The Morgan fingerprint density at radius 2 is 2.24 bits per heavy atom. The Balaban J connectivity index is 1.64. The molecule has 0 aliphatic rings. The molecule has 6 nitrogen and oxygen atoms in total. The van der Waals surface area contributed by atoms with Crippen LogP contribution in [0.4, 0.5) is 4.79 Å². The molecule has 2 N–H and O–H groups in total. The number of aryl methyl sites for hydroxylation is 1. The Kier molecular flexibility index (Phi) is 5.35. The summed E-state index contributed by atoms with van der Waals surface area (Å²) in [5, 5.41) is 18.4. The van der Waals surface area contributed by atoms with Crippen molar-refractivity contribution < 1.29 is 4.79 Å². The summed E-state index contributed by atoms with van der Waals surface area (Å²) in [5.41, 5.74) is 1.50. The average Bonchev–Trinajstić information content (AvgIpc) is 3.03. The lowest BCUT2D eigenvalue weighted by Gasteiger charge is -2.08. The van der Waals surface area contributed by atoms with E-state index in [-0.39, 0.29) is 6.03 Å². The number of nitriles is 1. The summed E-state index contributed by atoms with van der Waals surface area (Å²) in [4.78, 5) is 11.6. The molecule has 6 heteroatoms. The van der Waals surface area contributed by atoms with E-state index >= 15 is 0 Å². The molecule has 1 aromatic heterocycles. The number of hydrogen-bond donors (Lipinski definition) is 2. The summed E-state index contributed by atoms with van der Waals surface area (Å²) in [7, 11) is 0. The smallest absolute Gasteiger partial charge is 0.315 e. The quantitative estimate of drug-likeness (QED) is 0.791. The predicted molar refractivity (Wildman–Crippen MR) is 78.2 cm³/mol. The van der Waals surface area contributed by atoms with Gasteiger partial charge < -0.3 is 10.6 Å². The zero-order valence-electron chi connectivity index (χ0n) is 11.6. The van der Waals surface area contributed by atoms with E-state index in [0.717, 1.165) is 18.5 Å². The van der Waals surface area contributed by atoms with Crippen LogP contribution in [0.3, 0.4) is 0 Å². The third-order valence-corrected chi connectivity index (χ3v) is 2.92. The van der Waals surface area contributed by atoms with Gasteiger partial charge in [-0.3, -0.25) is 4.68 Å². The van der Waals surface area contributed by atoms with Gasteiger partial charge in [0.05, 0.1) is 11.6 Å². The van der Waals surface area contributed by atoms with Crippen molar-refractivity contribution in [1.29, 1.82) is 5.26 Å². The van der Waals surface area contributed by atoms with E-state index in [1.807, 2.05) is 23.0 Å². The molecule has 1 heterocycles. The number of hydrogen-bond acceptors (Lipinski definition) is 3. The molecule has 2 amide bonds. The molecule has 2 rings (SSSR count). The first kappa shape index (κ1) is 14.6. The molecule has 1 aromatic carbocycles. The predicted octanol–water partition coefficient (Wildman–Crippen LogP) is 1.64. The monoisotopic (exact) mass is 283 g/mol. The number of amides is 2. The van der Waals surface area contributed by atoms with Crippen molar-refractivity contribution in [3.63, 3.8) is 0 Å². The highest BCUT2D eigenvalue weighted by atomic mass is 16.2. The second kappa shape index (κ2) is 7.70.